The Bertz CT molecular complexity index is 2770. The van der Waals surface area contributed by atoms with E-state index in [1.165, 1.54) is 39.0 Å². The highest BCUT2D eigenvalue weighted by molar-refractivity contribution is 5.92. The lowest BCUT2D eigenvalue weighted by Gasteiger charge is -2.26. The van der Waals surface area contributed by atoms with Gasteiger partial charge in [-0.3, -0.25) is 29.1 Å². The standard InChI is InChI=1S/C54H57N9O9/c1-31-19-40(55-34(4)64)7-10-46(31)37-22-43(58-49(25-37)52(67)68)28-61-13-15-62(29-44-23-38(26-50(59-44)53(69)70)47-11-8-41(20-32(47)2)56-35(5)65)17-18-63(16-14-61)30-45-24-39(27-51(60-45)54(71)72)48-12-9-42(21-33(48)3)57-36(6)66/h7-12,19-27H,13-18,28-30H2,1-6H3,(H,55,64)(H,56,65)(H,57,66)(H,67,68)(H,69,70)(H,71,72). The number of nitrogens with one attached hydrogen (secondary N) is 3. The first-order valence-electron chi connectivity index (χ1n) is 23.3. The maximum absolute atomic E-state index is 12.5. The second kappa shape index (κ2) is 22.7. The van der Waals surface area contributed by atoms with E-state index in [0.29, 0.717) is 90.1 Å². The number of carboxylic acids is 3. The number of carbonyl (C=O) groups excluding carboxylic acids is 3. The van der Waals surface area contributed by atoms with Gasteiger partial charge in [0.25, 0.3) is 0 Å². The maximum atomic E-state index is 12.5. The van der Waals surface area contributed by atoms with Crippen LogP contribution in [0.4, 0.5) is 17.1 Å². The lowest BCUT2D eigenvalue weighted by Crippen LogP contribution is -2.36. The molecule has 6 aromatic rings. The zero-order chi connectivity index (χ0) is 51.8. The summed E-state index contributed by atoms with van der Waals surface area (Å²) < 4.78 is 0. The van der Waals surface area contributed by atoms with Crippen molar-refractivity contribution in [3.63, 3.8) is 0 Å². The number of nitrogens with zero attached hydrogens (tertiary/aromatic N) is 6. The molecule has 3 amide bonds. The number of carboxylic acid groups (broad SMARTS) is 3. The van der Waals surface area contributed by atoms with Gasteiger partial charge in [0.05, 0.1) is 17.1 Å². The molecule has 18 nitrogen and oxygen atoms in total. The zero-order valence-corrected chi connectivity index (χ0v) is 41.0. The topological polar surface area (TPSA) is 248 Å². The smallest absolute Gasteiger partial charge is 0.354 e. The van der Waals surface area contributed by atoms with E-state index >= 15 is 0 Å². The van der Waals surface area contributed by atoms with Gasteiger partial charge >= 0.3 is 17.9 Å². The Hall–Kier alpha value is -8.19. The average Bonchev–Trinajstić information content (AvgIpc) is 3.38. The molecule has 1 aliphatic rings. The van der Waals surface area contributed by atoms with Crippen molar-refractivity contribution in [1.82, 2.24) is 29.7 Å². The fraction of sp³-hybridized carbons (Fsp3) is 0.278. The van der Waals surface area contributed by atoms with Gasteiger partial charge in [-0.05, 0) is 144 Å². The summed E-state index contributed by atoms with van der Waals surface area (Å²) in [7, 11) is 0. The van der Waals surface area contributed by atoms with Gasteiger partial charge in [-0.2, -0.15) is 0 Å². The molecule has 1 saturated heterocycles. The van der Waals surface area contributed by atoms with Gasteiger partial charge in [0.2, 0.25) is 17.7 Å². The van der Waals surface area contributed by atoms with E-state index in [0.717, 1.165) is 33.4 Å². The summed E-state index contributed by atoms with van der Waals surface area (Å²) >= 11 is 0. The number of aromatic nitrogens is 3. The number of aryl methyl sites for hydroxylation is 3. The molecule has 0 aliphatic carbocycles. The van der Waals surface area contributed by atoms with Crippen LogP contribution in [-0.2, 0) is 34.0 Å². The van der Waals surface area contributed by atoms with Gasteiger partial charge in [-0.1, -0.05) is 18.2 Å². The average molecular weight is 976 g/mol. The van der Waals surface area contributed by atoms with Crippen molar-refractivity contribution in [1.29, 1.82) is 0 Å². The van der Waals surface area contributed by atoms with Crippen molar-refractivity contribution in [2.45, 2.75) is 61.2 Å². The summed E-state index contributed by atoms with van der Waals surface area (Å²) in [6.45, 7) is 13.8. The van der Waals surface area contributed by atoms with E-state index in [4.69, 9.17) is 0 Å². The van der Waals surface area contributed by atoms with E-state index < -0.39 is 17.9 Å². The molecule has 372 valence electrons. The van der Waals surface area contributed by atoms with E-state index in [1.54, 1.807) is 18.2 Å². The van der Waals surface area contributed by atoms with Crippen LogP contribution in [-0.4, -0.2) is 120 Å². The molecule has 0 saturated carbocycles. The monoisotopic (exact) mass is 975 g/mol. The van der Waals surface area contributed by atoms with Crippen LogP contribution in [0.1, 0.15) is 86.0 Å². The van der Waals surface area contributed by atoms with Crippen LogP contribution in [0.3, 0.4) is 0 Å². The molecule has 0 atom stereocenters. The predicted octanol–water partition coefficient (Wildman–Crippen LogP) is 7.59. The SMILES string of the molecule is CC(=O)Nc1ccc(-c2cc(CN3CCN(Cc4cc(-c5ccc(NC(C)=O)cc5C)cc(C(=O)O)n4)CCN(Cc4cc(-c5ccc(NC(C)=O)cc5C)cc(C(=O)O)n4)CC3)nc(C(=O)O)c2)c(C)c1. The molecular formula is C54H57N9O9. The van der Waals surface area contributed by atoms with Gasteiger partial charge in [-0.15, -0.1) is 0 Å². The first-order chi connectivity index (χ1) is 34.3. The quantitative estimate of drug-likeness (QED) is 0.0580. The fourth-order valence-electron chi connectivity index (χ4n) is 8.95. The Balaban J connectivity index is 1.23. The second-order valence-corrected chi connectivity index (χ2v) is 18.1. The molecule has 7 rings (SSSR count). The molecule has 3 aromatic heterocycles. The number of rotatable bonds is 15. The van der Waals surface area contributed by atoms with Gasteiger partial charge in [0.15, 0.2) is 0 Å². The second-order valence-electron chi connectivity index (χ2n) is 18.1. The molecule has 6 N–H and O–H groups in total. The van der Waals surface area contributed by atoms with E-state index in [1.807, 2.05) is 75.4 Å². The first kappa shape index (κ1) is 51.7. The van der Waals surface area contributed by atoms with Crippen molar-refractivity contribution >= 4 is 52.7 Å². The van der Waals surface area contributed by atoms with Gasteiger partial charge in [-0.25, -0.2) is 29.3 Å². The van der Waals surface area contributed by atoms with Crippen molar-refractivity contribution < 1.29 is 44.1 Å². The number of aromatic carboxylic acids is 3. The Morgan fingerprint density at radius 2 is 0.667 bits per heavy atom. The molecule has 1 aliphatic heterocycles. The molecule has 0 spiro atoms. The molecule has 4 heterocycles. The highest BCUT2D eigenvalue weighted by atomic mass is 16.4. The molecule has 3 aromatic carbocycles. The number of hydrogen-bond donors (Lipinski definition) is 6. The summed E-state index contributed by atoms with van der Waals surface area (Å²) in [5, 5.41) is 39.0. The number of carbonyl (C=O) groups is 6. The molecule has 0 bridgehead atoms. The van der Waals surface area contributed by atoms with Crippen LogP contribution in [0.5, 0.6) is 0 Å². The van der Waals surface area contributed by atoms with Crippen molar-refractivity contribution in [2.24, 2.45) is 0 Å². The third kappa shape index (κ3) is 13.6. The molecule has 0 unspecified atom stereocenters. The van der Waals surface area contributed by atoms with E-state index in [-0.39, 0.29) is 54.4 Å². The summed E-state index contributed by atoms with van der Waals surface area (Å²) in [5.74, 6) is -4.19. The minimum absolute atomic E-state index is 0.124. The lowest BCUT2D eigenvalue weighted by molar-refractivity contribution is -0.115. The number of pyridine rings is 3. The zero-order valence-electron chi connectivity index (χ0n) is 41.0. The Kier molecular flexibility index (Phi) is 16.3. The van der Waals surface area contributed by atoms with Gasteiger partial charge in [0, 0.05) is 96.7 Å². The Labute approximate surface area is 416 Å². The minimum atomic E-state index is -1.18. The van der Waals surface area contributed by atoms with Crippen molar-refractivity contribution in [2.75, 3.05) is 55.2 Å². The molecule has 1 fully saturated rings. The fourth-order valence-corrected chi connectivity index (χ4v) is 8.95. The molecular weight excluding hydrogens is 919 g/mol. The highest BCUT2D eigenvalue weighted by Crippen LogP contribution is 2.31. The van der Waals surface area contributed by atoms with Crippen LogP contribution < -0.4 is 16.0 Å². The normalized spacial score (nSPS) is 13.6. The predicted molar refractivity (Wildman–Crippen MR) is 273 cm³/mol. The molecule has 0 radical (unpaired) electrons. The first-order valence-corrected chi connectivity index (χ1v) is 23.3. The summed E-state index contributed by atoms with van der Waals surface area (Å²) in [6, 6.07) is 26.5. The van der Waals surface area contributed by atoms with Crippen molar-refractivity contribution in [3.05, 3.63) is 142 Å². The summed E-state index contributed by atoms with van der Waals surface area (Å²) in [5.41, 5.74) is 9.80. The minimum Gasteiger partial charge on any atom is -0.477 e. The Morgan fingerprint density at radius 1 is 0.417 bits per heavy atom. The van der Waals surface area contributed by atoms with Crippen LogP contribution in [0.25, 0.3) is 33.4 Å². The number of hydrogen-bond acceptors (Lipinski definition) is 12. The summed E-state index contributed by atoms with van der Waals surface area (Å²) in [4.78, 5) is 93.1. The third-order valence-electron chi connectivity index (χ3n) is 12.2. The van der Waals surface area contributed by atoms with E-state index in [2.05, 4.69) is 45.6 Å². The number of amides is 3. The molecule has 72 heavy (non-hydrogen) atoms. The van der Waals surface area contributed by atoms with Crippen LogP contribution >= 0.6 is 0 Å². The van der Waals surface area contributed by atoms with Crippen LogP contribution in [0, 0.1) is 20.8 Å². The van der Waals surface area contributed by atoms with Gasteiger partial charge < -0.3 is 31.3 Å². The maximum Gasteiger partial charge on any atom is 0.354 e. The van der Waals surface area contributed by atoms with E-state index in [9.17, 15) is 44.1 Å². The van der Waals surface area contributed by atoms with Gasteiger partial charge in [0.1, 0.15) is 17.1 Å². The summed E-state index contributed by atoms with van der Waals surface area (Å²) in [6.07, 6.45) is 0. The van der Waals surface area contributed by atoms with Crippen molar-refractivity contribution in [3.8, 4) is 33.4 Å². The largest absolute Gasteiger partial charge is 0.477 e. The van der Waals surface area contributed by atoms with Crippen LogP contribution in [0.15, 0.2) is 91.0 Å². The Morgan fingerprint density at radius 3 is 0.875 bits per heavy atom. The lowest BCUT2D eigenvalue weighted by atomic mass is 9.99. The number of anilines is 3. The number of benzene rings is 3. The van der Waals surface area contributed by atoms with Crippen LogP contribution in [0.2, 0.25) is 0 Å². The highest BCUT2D eigenvalue weighted by Gasteiger charge is 2.23. The molecule has 18 heteroatoms. The third-order valence-corrected chi connectivity index (χ3v) is 12.2.